The van der Waals surface area contributed by atoms with Crippen molar-refractivity contribution in [3.05, 3.63) is 23.5 Å². The number of hydrogen-bond acceptors (Lipinski definition) is 5. The van der Waals surface area contributed by atoms with Crippen molar-refractivity contribution in [3.63, 3.8) is 0 Å². The first-order valence-corrected chi connectivity index (χ1v) is 5.74. The maximum atomic E-state index is 10.7. The Labute approximate surface area is 106 Å². The van der Waals surface area contributed by atoms with Crippen LogP contribution in [0.5, 0.6) is 0 Å². The van der Waals surface area contributed by atoms with E-state index in [0.29, 0.717) is 17.9 Å². The normalized spacial score (nSPS) is 14.0. The summed E-state index contributed by atoms with van der Waals surface area (Å²) in [6, 6.07) is 1.64. The first-order valence-electron chi connectivity index (χ1n) is 5.74. The fraction of sp³-hybridized carbons (Fsp3) is 0.500. The number of aryl methyl sites for hydroxylation is 1. The highest BCUT2D eigenvalue weighted by atomic mass is 16.3. The van der Waals surface area contributed by atoms with Gasteiger partial charge in [0.05, 0.1) is 23.7 Å². The predicted molar refractivity (Wildman–Crippen MR) is 67.7 cm³/mol. The van der Waals surface area contributed by atoms with Crippen molar-refractivity contribution in [1.29, 1.82) is 0 Å². The van der Waals surface area contributed by atoms with Crippen LogP contribution in [0.1, 0.15) is 30.7 Å². The summed E-state index contributed by atoms with van der Waals surface area (Å²) in [6.45, 7) is 3.51. The van der Waals surface area contributed by atoms with Gasteiger partial charge in [0.25, 0.3) is 0 Å². The molecule has 1 aromatic rings. The van der Waals surface area contributed by atoms with Gasteiger partial charge in [0.1, 0.15) is 6.10 Å². The fourth-order valence-electron chi connectivity index (χ4n) is 1.50. The van der Waals surface area contributed by atoms with Gasteiger partial charge in [-0.15, -0.1) is 0 Å². The molecule has 100 valence electrons. The van der Waals surface area contributed by atoms with Crippen LogP contribution >= 0.6 is 0 Å². The average molecular weight is 253 g/mol. The van der Waals surface area contributed by atoms with E-state index in [1.165, 1.54) is 13.1 Å². The highest BCUT2D eigenvalue weighted by Crippen LogP contribution is 2.19. The van der Waals surface area contributed by atoms with Crippen LogP contribution in [-0.2, 0) is 4.79 Å². The van der Waals surface area contributed by atoms with Gasteiger partial charge in [0, 0.05) is 13.5 Å². The van der Waals surface area contributed by atoms with E-state index in [2.05, 4.69) is 10.3 Å². The van der Waals surface area contributed by atoms with Crippen molar-refractivity contribution >= 4 is 11.6 Å². The summed E-state index contributed by atoms with van der Waals surface area (Å²) in [4.78, 5) is 14.6. The van der Waals surface area contributed by atoms with Crippen LogP contribution in [-0.4, -0.2) is 33.8 Å². The number of rotatable bonds is 5. The Bertz CT molecular complexity index is 423. The first-order chi connectivity index (χ1) is 8.41. The average Bonchev–Trinajstić information content (AvgIpc) is 2.31. The van der Waals surface area contributed by atoms with Gasteiger partial charge < -0.3 is 21.3 Å². The lowest BCUT2D eigenvalue weighted by Gasteiger charge is -2.18. The molecule has 1 amide bonds. The molecule has 1 rings (SSSR count). The van der Waals surface area contributed by atoms with Gasteiger partial charge in [-0.3, -0.25) is 9.78 Å². The SMILES string of the molecule is CC(=O)NCCC(O)C(O)c1cc(C)c(N)cn1. The molecule has 2 atom stereocenters. The summed E-state index contributed by atoms with van der Waals surface area (Å²) in [5.74, 6) is -0.168. The van der Waals surface area contributed by atoms with Crippen molar-refractivity contribution in [1.82, 2.24) is 10.3 Å². The molecular formula is C12H19N3O3. The van der Waals surface area contributed by atoms with E-state index < -0.39 is 12.2 Å². The highest BCUT2D eigenvalue weighted by Gasteiger charge is 2.19. The van der Waals surface area contributed by atoms with Crippen molar-refractivity contribution < 1.29 is 15.0 Å². The third kappa shape index (κ3) is 3.97. The van der Waals surface area contributed by atoms with E-state index >= 15 is 0 Å². The molecule has 0 aliphatic heterocycles. The zero-order valence-electron chi connectivity index (χ0n) is 10.6. The van der Waals surface area contributed by atoms with Crippen LogP contribution in [0.3, 0.4) is 0 Å². The molecule has 0 aliphatic rings. The topological polar surface area (TPSA) is 108 Å². The number of nitrogens with one attached hydrogen (secondary N) is 1. The minimum Gasteiger partial charge on any atom is -0.397 e. The third-order valence-corrected chi connectivity index (χ3v) is 2.65. The van der Waals surface area contributed by atoms with Gasteiger partial charge in [0.2, 0.25) is 5.91 Å². The van der Waals surface area contributed by atoms with Gasteiger partial charge in [-0.1, -0.05) is 0 Å². The summed E-state index contributed by atoms with van der Waals surface area (Å²) >= 11 is 0. The third-order valence-electron chi connectivity index (χ3n) is 2.65. The van der Waals surface area contributed by atoms with E-state index in [1.54, 1.807) is 13.0 Å². The molecule has 18 heavy (non-hydrogen) atoms. The highest BCUT2D eigenvalue weighted by molar-refractivity contribution is 5.72. The number of pyridine rings is 1. The van der Waals surface area contributed by atoms with Gasteiger partial charge >= 0.3 is 0 Å². The summed E-state index contributed by atoms with van der Waals surface area (Å²) < 4.78 is 0. The van der Waals surface area contributed by atoms with Crippen LogP contribution in [0.25, 0.3) is 0 Å². The summed E-state index contributed by atoms with van der Waals surface area (Å²) in [6.07, 6.45) is -0.356. The zero-order chi connectivity index (χ0) is 13.7. The number of nitrogen functional groups attached to an aromatic ring is 1. The summed E-state index contributed by atoms with van der Waals surface area (Å²) in [5.41, 5.74) is 7.34. The number of aliphatic hydroxyl groups is 2. The van der Waals surface area contributed by atoms with Crippen LogP contribution in [0, 0.1) is 6.92 Å². The molecular weight excluding hydrogens is 234 g/mol. The quantitative estimate of drug-likeness (QED) is 0.585. The number of anilines is 1. The molecule has 5 N–H and O–H groups in total. The van der Waals surface area contributed by atoms with Crippen molar-refractivity contribution in [2.45, 2.75) is 32.5 Å². The van der Waals surface area contributed by atoms with Crippen molar-refractivity contribution in [2.75, 3.05) is 12.3 Å². The first kappa shape index (κ1) is 14.4. The van der Waals surface area contributed by atoms with Crippen molar-refractivity contribution in [2.24, 2.45) is 0 Å². The molecule has 0 aliphatic carbocycles. The van der Waals surface area contributed by atoms with Gasteiger partial charge in [0.15, 0.2) is 0 Å². The van der Waals surface area contributed by atoms with Gasteiger partial charge in [-0.2, -0.15) is 0 Å². The Balaban J connectivity index is 2.59. The zero-order valence-corrected chi connectivity index (χ0v) is 10.6. The fourth-order valence-corrected chi connectivity index (χ4v) is 1.50. The number of nitrogens with zero attached hydrogens (tertiary/aromatic N) is 1. The Morgan fingerprint density at radius 1 is 1.56 bits per heavy atom. The monoisotopic (exact) mass is 253 g/mol. The lowest BCUT2D eigenvalue weighted by molar-refractivity contribution is -0.119. The predicted octanol–water partition coefficient (Wildman–Crippen LogP) is -0.107. The molecule has 6 heteroatoms. The minimum absolute atomic E-state index is 0.168. The van der Waals surface area contributed by atoms with Crippen LogP contribution < -0.4 is 11.1 Å². The van der Waals surface area contributed by atoms with E-state index in [9.17, 15) is 15.0 Å². The second-order valence-corrected chi connectivity index (χ2v) is 4.25. The molecule has 1 aromatic heterocycles. The smallest absolute Gasteiger partial charge is 0.216 e. The molecule has 0 spiro atoms. The molecule has 1 heterocycles. The molecule has 0 radical (unpaired) electrons. The number of hydrogen-bond donors (Lipinski definition) is 4. The van der Waals surface area contributed by atoms with Crippen molar-refractivity contribution in [3.8, 4) is 0 Å². The van der Waals surface area contributed by atoms with Crippen LogP contribution in [0.15, 0.2) is 12.3 Å². The molecule has 0 aromatic carbocycles. The maximum Gasteiger partial charge on any atom is 0.216 e. The van der Waals surface area contributed by atoms with Gasteiger partial charge in [-0.25, -0.2) is 0 Å². The summed E-state index contributed by atoms with van der Waals surface area (Å²) in [7, 11) is 0. The molecule has 0 saturated carbocycles. The summed E-state index contributed by atoms with van der Waals surface area (Å²) in [5, 5.41) is 22.2. The second kappa shape index (κ2) is 6.32. The second-order valence-electron chi connectivity index (χ2n) is 4.25. The van der Waals surface area contributed by atoms with Gasteiger partial charge in [-0.05, 0) is 25.0 Å². The van der Waals surface area contributed by atoms with Crippen LogP contribution in [0.2, 0.25) is 0 Å². The van der Waals surface area contributed by atoms with E-state index in [4.69, 9.17) is 5.73 Å². The molecule has 2 unspecified atom stereocenters. The lowest BCUT2D eigenvalue weighted by Crippen LogP contribution is -2.28. The molecule has 6 nitrogen and oxygen atoms in total. The number of carbonyl (C=O) groups excluding carboxylic acids is 1. The number of nitrogens with two attached hydrogens (primary N) is 1. The Morgan fingerprint density at radius 3 is 2.78 bits per heavy atom. The standard InChI is InChI=1S/C12H19N3O3/c1-7-5-10(15-6-9(7)13)12(18)11(17)3-4-14-8(2)16/h5-6,11-12,17-18H,3-4,13H2,1-2H3,(H,14,16). The number of aliphatic hydroxyl groups excluding tert-OH is 2. The number of amides is 1. The lowest BCUT2D eigenvalue weighted by atomic mass is 10.1. The molecule has 0 bridgehead atoms. The molecule has 0 fully saturated rings. The van der Waals surface area contributed by atoms with E-state index in [0.717, 1.165) is 5.56 Å². The minimum atomic E-state index is -1.09. The molecule has 0 saturated heterocycles. The van der Waals surface area contributed by atoms with E-state index in [-0.39, 0.29) is 12.3 Å². The maximum absolute atomic E-state index is 10.7. The number of carbonyl (C=O) groups is 1. The Hall–Kier alpha value is -1.66. The van der Waals surface area contributed by atoms with E-state index in [1.807, 2.05) is 0 Å². The Morgan fingerprint density at radius 2 is 2.22 bits per heavy atom. The van der Waals surface area contributed by atoms with Crippen LogP contribution in [0.4, 0.5) is 5.69 Å². The Kier molecular flexibility index (Phi) is 5.06. The largest absolute Gasteiger partial charge is 0.397 e. The number of aromatic nitrogens is 1.